The van der Waals surface area contributed by atoms with E-state index in [1.165, 1.54) is 0 Å². The number of anilines is 2. The van der Waals surface area contributed by atoms with Gasteiger partial charge in [-0.2, -0.15) is 0 Å². The first-order valence-corrected chi connectivity index (χ1v) is 7.73. The van der Waals surface area contributed by atoms with Gasteiger partial charge in [0.2, 0.25) is 5.91 Å². The fraction of sp³-hybridized carbons (Fsp3) is 0.235. The highest BCUT2D eigenvalue weighted by atomic mass is 79.9. The summed E-state index contributed by atoms with van der Waals surface area (Å²) >= 11 is 3.48. The van der Waals surface area contributed by atoms with Crippen LogP contribution in [0.3, 0.4) is 0 Å². The Morgan fingerprint density at radius 2 is 1.77 bits per heavy atom. The van der Waals surface area contributed by atoms with E-state index >= 15 is 0 Å². The number of methoxy groups -OCH3 is 1. The normalized spacial score (nSPS) is 10.2. The predicted molar refractivity (Wildman–Crippen MR) is 93.7 cm³/mol. The number of carbonyl (C=O) groups excluding carboxylic acids is 1. The molecule has 0 fully saturated rings. The monoisotopic (exact) mass is 362 g/mol. The first-order chi connectivity index (χ1) is 10.5. The highest BCUT2D eigenvalue weighted by Gasteiger charge is 2.08. The van der Waals surface area contributed by atoms with Gasteiger partial charge in [0.25, 0.3) is 0 Å². The van der Waals surface area contributed by atoms with Crippen LogP contribution in [0.15, 0.2) is 40.9 Å². The van der Waals surface area contributed by atoms with Gasteiger partial charge in [0.05, 0.1) is 19.3 Å². The SMILES string of the molecule is COc1ccc(C)cc1NC(=O)CNc1ccc(C)cc1Br. The topological polar surface area (TPSA) is 50.4 Å². The lowest BCUT2D eigenvalue weighted by atomic mass is 10.2. The maximum Gasteiger partial charge on any atom is 0.243 e. The summed E-state index contributed by atoms with van der Waals surface area (Å²) in [5, 5.41) is 5.97. The third-order valence-electron chi connectivity index (χ3n) is 3.19. The molecule has 116 valence electrons. The summed E-state index contributed by atoms with van der Waals surface area (Å²) in [6.45, 7) is 4.17. The Kier molecular flexibility index (Phi) is 5.44. The summed E-state index contributed by atoms with van der Waals surface area (Å²) in [6.07, 6.45) is 0. The zero-order valence-electron chi connectivity index (χ0n) is 12.9. The smallest absolute Gasteiger partial charge is 0.243 e. The number of ether oxygens (including phenoxy) is 1. The standard InChI is InChI=1S/C17H19BrN2O2/c1-11-4-6-14(13(18)8-11)19-10-17(21)20-15-9-12(2)5-7-16(15)22-3/h4-9,19H,10H2,1-3H3,(H,20,21). The number of nitrogens with one attached hydrogen (secondary N) is 2. The van der Waals surface area contributed by atoms with Gasteiger partial charge in [0.15, 0.2) is 0 Å². The van der Waals surface area contributed by atoms with E-state index in [4.69, 9.17) is 4.74 Å². The number of aryl methyl sites for hydroxylation is 2. The molecule has 5 heteroatoms. The third kappa shape index (κ3) is 4.24. The summed E-state index contributed by atoms with van der Waals surface area (Å²) in [7, 11) is 1.59. The van der Waals surface area contributed by atoms with Crippen molar-refractivity contribution in [3.63, 3.8) is 0 Å². The van der Waals surface area contributed by atoms with Gasteiger partial charge in [-0.25, -0.2) is 0 Å². The van der Waals surface area contributed by atoms with Gasteiger partial charge < -0.3 is 15.4 Å². The van der Waals surface area contributed by atoms with Crippen LogP contribution in [0.2, 0.25) is 0 Å². The van der Waals surface area contributed by atoms with Crippen molar-refractivity contribution in [1.29, 1.82) is 0 Å². The van der Waals surface area contributed by atoms with Crippen molar-refractivity contribution in [2.24, 2.45) is 0 Å². The molecule has 0 spiro atoms. The lowest BCUT2D eigenvalue weighted by Crippen LogP contribution is -2.22. The van der Waals surface area contributed by atoms with Crippen LogP contribution in [0.4, 0.5) is 11.4 Å². The summed E-state index contributed by atoms with van der Waals surface area (Å²) in [4.78, 5) is 12.1. The van der Waals surface area contributed by atoms with Crippen molar-refractivity contribution in [1.82, 2.24) is 0 Å². The van der Waals surface area contributed by atoms with E-state index in [1.54, 1.807) is 7.11 Å². The minimum atomic E-state index is -0.128. The molecule has 2 aromatic carbocycles. The number of hydrogen-bond donors (Lipinski definition) is 2. The molecule has 2 N–H and O–H groups in total. The second-order valence-corrected chi connectivity index (χ2v) is 5.94. The van der Waals surface area contributed by atoms with Gasteiger partial charge in [-0.3, -0.25) is 4.79 Å². The summed E-state index contributed by atoms with van der Waals surface area (Å²) in [5.74, 6) is 0.520. The molecule has 22 heavy (non-hydrogen) atoms. The number of amides is 1. The lowest BCUT2D eigenvalue weighted by molar-refractivity contribution is -0.114. The Balaban J connectivity index is 2.00. The Hall–Kier alpha value is -2.01. The number of halogens is 1. The maximum atomic E-state index is 12.1. The molecule has 0 bridgehead atoms. The molecule has 0 aliphatic carbocycles. The highest BCUT2D eigenvalue weighted by molar-refractivity contribution is 9.10. The molecule has 0 unspecified atom stereocenters. The minimum Gasteiger partial charge on any atom is -0.495 e. The molecule has 0 aliphatic rings. The molecule has 4 nitrogen and oxygen atoms in total. The van der Waals surface area contributed by atoms with Crippen molar-refractivity contribution in [3.05, 3.63) is 52.0 Å². The Bertz CT molecular complexity index is 686. The summed E-state index contributed by atoms with van der Waals surface area (Å²) < 4.78 is 6.19. The number of carbonyl (C=O) groups is 1. The van der Waals surface area contributed by atoms with Crippen molar-refractivity contribution >= 4 is 33.2 Å². The second kappa shape index (κ2) is 7.31. The van der Waals surface area contributed by atoms with Gasteiger partial charge in [0, 0.05) is 10.2 Å². The van der Waals surface area contributed by atoms with Gasteiger partial charge in [-0.1, -0.05) is 12.1 Å². The molecule has 0 aromatic heterocycles. The van der Waals surface area contributed by atoms with Crippen LogP contribution in [0, 0.1) is 13.8 Å². The van der Waals surface area contributed by atoms with Gasteiger partial charge in [-0.15, -0.1) is 0 Å². The second-order valence-electron chi connectivity index (χ2n) is 5.09. The van der Waals surface area contributed by atoms with E-state index in [1.807, 2.05) is 50.2 Å². The van der Waals surface area contributed by atoms with Crippen LogP contribution >= 0.6 is 15.9 Å². The van der Waals surface area contributed by atoms with Crippen LogP contribution in [0.5, 0.6) is 5.75 Å². The van der Waals surface area contributed by atoms with Crippen LogP contribution in [-0.2, 0) is 4.79 Å². The van der Waals surface area contributed by atoms with Crippen molar-refractivity contribution in [3.8, 4) is 5.75 Å². The molecule has 0 saturated carbocycles. The Labute approximate surface area is 139 Å². The zero-order valence-corrected chi connectivity index (χ0v) is 14.5. The average Bonchev–Trinajstić information content (AvgIpc) is 2.46. The van der Waals surface area contributed by atoms with Gasteiger partial charge >= 0.3 is 0 Å². The molecule has 0 aliphatic heterocycles. The highest BCUT2D eigenvalue weighted by Crippen LogP contribution is 2.25. The first-order valence-electron chi connectivity index (χ1n) is 6.94. The number of rotatable bonds is 5. The number of hydrogen-bond acceptors (Lipinski definition) is 3. The van der Waals surface area contributed by atoms with E-state index < -0.39 is 0 Å². The van der Waals surface area contributed by atoms with E-state index in [0.717, 1.165) is 21.3 Å². The molecule has 0 saturated heterocycles. The first kappa shape index (κ1) is 16.4. The molecule has 0 atom stereocenters. The third-order valence-corrected chi connectivity index (χ3v) is 3.85. The molecule has 2 aromatic rings. The molecular formula is C17H19BrN2O2. The summed E-state index contributed by atoms with van der Waals surface area (Å²) in [6, 6.07) is 11.6. The molecule has 1 amide bonds. The van der Waals surface area contributed by atoms with Crippen LogP contribution in [0.1, 0.15) is 11.1 Å². The van der Waals surface area contributed by atoms with E-state index in [9.17, 15) is 4.79 Å². The van der Waals surface area contributed by atoms with Gasteiger partial charge in [-0.05, 0) is 65.2 Å². The molecular weight excluding hydrogens is 344 g/mol. The van der Waals surface area contributed by atoms with Gasteiger partial charge in [0.1, 0.15) is 5.75 Å². The van der Waals surface area contributed by atoms with Crippen molar-refractivity contribution in [2.75, 3.05) is 24.3 Å². The number of benzene rings is 2. The molecule has 0 radical (unpaired) electrons. The Morgan fingerprint density at radius 1 is 1.09 bits per heavy atom. The molecule has 0 heterocycles. The largest absolute Gasteiger partial charge is 0.495 e. The minimum absolute atomic E-state index is 0.128. The van der Waals surface area contributed by atoms with Crippen molar-refractivity contribution < 1.29 is 9.53 Å². The van der Waals surface area contributed by atoms with Crippen LogP contribution in [-0.4, -0.2) is 19.6 Å². The van der Waals surface area contributed by atoms with E-state index in [0.29, 0.717) is 11.4 Å². The van der Waals surface area contributed by atoms with Crippen LogP contribution in [0.25, 0.3) is 0 Å². The fourth-order valence-electron chi connectivity index (χ4n) is 2.05. The predicted octanol–water partition coefficient (Wildman–Crippen LogP) is 4.13. The van der Waals surface area contributed by atoms with E-state index in [2.05, 4.69) is 26.6 Å². The van der Waals surface area contributed by atoms with Crippen LogP contribution < -0.4 is 15.4 Å². The Morgan fingerprint density at radius 3 is 2.45 bits per heavy atom. The zero-order chi connectivity index (χ0) is 16.1. The fourth-order valence-corrected chi connectivity index (χ4v) is 2.69. The maximum absolute atomic E-state index is 12.1. The average molecular weight is 363 g/mol. The summed E-state index contributed by atoms with van der Waals surface area (Å²) in [5.41, 5.74) is 3.78. The van der Waals surface area contributed by atoms with E-state index in [-0.39, 0.29) is 12.5 Å². The molecule has 2 rings (SSSR count). The van der Waals surface area contributed by atoms with Crippen molar-refractivity contribution in [2.45, 2.75) is 13.8 Å². The lowest BCUT2D eigenvalue weighted by Gasteiger charge is -2.12. The quantitative estimate of drug-likeness (QED) is 0.840.